The number of aromatic nitrogens is 1. The Hall–Kier alpha value is -2.14. The van der Waals surface area contributed by atoms with Crippen molar-refractivity contribution < 1.29 is 9.32 Å². The van der Waals surface area contributed by atoms with E-state index >= 15 is 0 Å². The summed E-state index contributed by atoms with van der Waals surface area (Å²) in [6.07, 6.45) is 2.93. The quantitative estimate of drug-likeness (QED) is 0.808. The van der Waals surface area contributed by atoms with Gasteiger partial charge in [0.05, 0.1) is 5.69 Å². The molecule has 3 rings (SSSR count). The average Bonchev–Trinajstić information content (AvgIpc) is 3.09. The summed E-state index contributed by atoms with van der Waals surface area (Å²) in [4.78, 5) is 16.5. The number of likely N-dealkylation sites (tertiary alicyclic amines) is 1. The van der Waals surface area contributed by atoms with Crippen LogP contribution in [0.4, 0.5) is 0 Å². The number of carbonyl (C=O) groups excluding carboxylic acids is 1. The lowest BCUT2D eigenvalue weighted by Crippen LogP contribution is -2.40. The van der Waals surface area contributed by atoms with E-state index in [0.29, 0.717) is 18.9 Å². The maximum Gasteiger partial charge on any atom is 0.223 e. The molecular weight excluding hydrogens is 314 g/mol. The van der Waals surface area contributed by atoms with E-state index in [9.17, 15) is 4.79 Å². The Morgan fingerprint density at radius 2 is 2.16 bits per heavy atom. The first kappa shape index (κ1) is 17.7. The van der Waals surface area contributed by atoms with Crippen LogP contribution < -0.4 is 0 Å². The van der Waals surface area contributed by atoms with Crippen molar-refractivity contribution in [2.24, 2.45) is 5.92 Å². The first-order valence-corrected chi connectivity index (χ1v) is 9.09. The summed E-state index contributed by atoms with van der Waals surface area (Å²) >= 11 is 0. The van der Waals surface area contributed by atoms with E-state index in [4.69, 9.17) is 4.52 Å². The molecule has 1 aromatic carbocycles. The van der Waals surface area contributed by atoms with Crippen LogP contribution in [0, 0.1) is 5.92 Å². The molecule has 1 amide bonds. The van der Waals surface area contributed by atoms with Crippen molar-refractivity contribution in [3.63, 3.8) is 0 Å². The minimum atomic E-state index is 0.267. The molecule has 1 aromatic heterocycles. The van der Waals surface area contributed by atoms with Gasteiger partial charge >= 0.3 is 0 Å². The number of nitrogens with zero attached hydrogens (tertiary/aromatic N) is 3. The Morgan fingerprint density at radius 1 is 1.36 bits per heavy atom. The van der Waals surface area contributed by atoms with E-state index < -0.39 is 0 Å². The topological polar surface area (TPSA) is 49.6 Å². The van der Waals surface area contributed by atoms with Crippen LogP contribution in [-0.4, -0.2) is 47.5 Å². The fraction of sp³-hybridized carbons (Fsp3) is 0.500. The zero-order chi connectivity index (χ0) is 17.6. The molecule has 0 aliphatic carbocycles. The van der Waals surface area contributed by atoms with Gasteiger partial charge in [-0.05, 0) is 25.8 Å². The standard InChI is InChI=1S/C20H27N3O2/c1-16-7-6-11-23(14-16)20(24)10-12-22(2)15-18-13-19(25-21-18)17-8-4-3-5-9-17/h3-5,8-9,13,16H,6-7,10-12,14-15H2,1-2H3. The monoisotopic (exact) mass is 341 g/mol. The number of carbonyl (C=O) groups is 1. The Balaban J connectivity index is 1.47. The minimum absolute atomic E-state index is 0.267. The van der Waals surface area contributed by atoms with Gasteiger partial charge in [0.1, 0.15) is 0 Å². The molecule has 0 radical (unpaired) electrons. The lowest BCUT2D eigenvalue weighted by Gasteiger charge is -2.31. The van der Waals surface area contributed by atoms with E-state index in [1.54, 1.807) is 0 Å². The summed E-state index contributed by atoms with van der Waals surface area (Å²) in [5.41, 5.74) is 1.92. The fourth-order valence-corrected chi connectivity index (χ4v) is 3.34. The largest absolute Gasteiger partial charge is 0.356 e. The van der Waals surface area contributed by atoms with Crippen molar-refractivity contribution in [1.29, 1.82) is 0 Å². The molecule has 2 aromatic rings. The van der Waals surface area contributed by atoms with Gasteiger partial charge in [-0.2, -0.15) is 0 Å². The van der Waals surface area contributed by atoms with Gasteiger partial charge in [-0.3, -0.25) is 9.69 Å². The molecule has 5 heteroatoms. The Bertz CT molecular complexity index is 683. The smallest absolute Gasteiger partial charge is 0.223 e. The summed E-state index contributed by atoms with van der Waals surface area (Å²) in [6, 6.07) is 11.9. The van der Waals surface area contributed by atoms with Gasteiger partial charge in [-0.15, -0.1) is 0 Å². The normalized spacial score (nSPS) is 17.9. The summed E-state index contributed by atoms with van der Waals surface area (Å²) in [5, 5.41) is 4.15. The summed E-state index contributed by atoms with van der Waals surface area (Å²) in [7, 11) is 2.02. The maximum absolute atomic E-state index is 12.4. The zero-order valence-corrected chi connectivity index (χ0v) is 15.1. The second-order valence-electron chi connectivity index (χ2n) is 7.12. The SMILES string of the molecule is CC1CCCN(C(=O)CCN(C)Cc2cc(-c3ccccc3)on2)C1. The molecule has 2 heterocycles. The Morgan fingerprint density at radius 3 is 2.92 bits per heavy atom. The third kappa shape index (κ3) is 4.92. The molecule has 134 valence electrons. The van der Waals surface area contributed by atoms with E-state index in [-0.39, 0.29) is 5.91 Å². The van der Waals surface area contributed by atoms with Gasteiger partial charge in [-0.25, -0.2) is 0 Å². The van der Waals surface area contributed by atoms with Crippen LogP contribution in [0.1, 0.15) is 31.9 Å². The van der Waals surface area contributed by atoms with Crippen molar-refractivity contribution in [2.75, 3.05) is 26.7 Å². The first-order chi connectivity index (χ1) is 12.1. The molecule has 25 heavy (non-hydrogen) atoms. The number of hydrogen-bond donors (Lipinski definition) is 0. The number of rotatable bonds is 6. The molecule has 5 nitrogen and oxygen atoms in total. The molecule has 1 atom stereocenters. The van der Waals surface area contributed by atoms with Crippen molar-refractivity contribution in [3.05, 3.63) is 42.1 Å². The number of piperidine rings is 1. The summed E-state index contributed by atoms with van der Waals surface area (Å²) in [5.74, 6) is 1.67. The molecule has 0 N–H and O–H groups in total. The number of benzene rings is 1. The second-order valence-corrected chi connectivity index (χ2v) is 7.12. The highest BCUT2D eigenvalue weighted by molar-refractivity contribution is 5.76. The Labute approximate surface area is 149 Å². The molecule has 1 unspecified atom stereocenters. The van der Waals surface area contributed by atoms with Gasteiger partial charge < -0.3 is 9.42 Å². The van der Waals surface area contributed by atoms with Crippen LogP contribution >= 0.6 is 0 Å². The van der Waals surface area contributed by atoms with Crippen LogP contribution in [0.2, 0.25) is 0 Å². The highest BCUT2D eigenvalue weighted by atomic mass is 16.5. The van der Waals surface area contributed by atoms with Gasteiger partial charge in [0.2, 0.25) is 5.91 Å². The molecule has 1 aliphatic rings. The van der Waals surface area contributed by atoms with Crippen LogP contribution in [0.3, 0.4) is 0 Å². The van der Waals surface area contributed by atoms with Crippen LogP contribution in [0.25, 0.3) is 11.3 Å². The maximum atomic E-state index is 12.4. The molecule has 0 saturated carbocycles. The molecule has 0 bridgehead atoms. The predicted octanol–water partition coefficient (Wildman–Crippen LogP) is 3.42. The van der Waals surface area contributed by atoms with Crippen LogP contribution in [0.15, 0.2) is 40.9 Å². The van der Waals surface area contributed by atoms with Crippen molar-refractivity contribution in [3.8, 4) is 11.3 Å². The van der Waals surface area contributed by atoms with Gasteiger partial charge in [0, 0.05) is 44.2 Å². The van der Waals surface area contributed by atoms with Gasteiger partial charge in [0.15, 0.2) is 5.76 Å². The summed E-state index contributed by atoms with van der Waals surface area (Å²) < 4.78 is 5.43. The zero-order valence-electron chi connectivity index (χ0n) is 15.1. The van der Waals surface area contributed by atoms with Gasteiger partial charge in [-0.1, -0.05) is 42.4 Å². The van der Waals surface area contributed by atoms with Crippen molar-refractivity contribution >= 4 is 5.91 Å². The highest BCUT2D eigenvalue weighted by Crippen LogP contribution is 2.20. The molecular formula is C20H27N3O2. The van der Waals surface area contributed by atoms with Crippen LogP contribution in [-0.2, 0) is 11.3 Å². The third-order valence-corrected chi connectivity index (χ3v) is 4.77. The summed E-state index contributed by atoms with van der Waals surface area (Å²) in [6.45, 7) is 5.46. The predicted molar refractivity (Wildman–Crippen MR) is 97.9 cm³/mol. The average molecular weight is 341 g/mol. The number of amides is 1. The Kier molecular flexibility index (Phi) is 5.87. The first-order valence-electron chi connectivity index (χ1n) is 9.09. The minimum Gasteiger partial charge on any atom is -0.356 e. The lowest BCUT2D eigenvalue weighted by atomic mass is 10.00. The fourth-order valence-electron chi connectivity index (χ4n) is 3.34. The second kappa shape index (κ2) is 8.30. The number of hydrogen-bond acceptors (Lipinski definition) is 4. The van der Waals surface area contributed by atoms with E-state index in [0.717, 1.165) is 43.1 Å². The van der Waals surface area contributed by atoms with Crippen molar-refractivity contribution in [2.45, 2.75) is 32.7 Å². The third-order valence-electron chi connectivity index (χ3n) is 4.77. The van der Waals surface area contributed by atoms with Gasteiger partial charge in [0.25, 0.3) is 0 Å². The van der Waals surface area contributed by atoms with E-state index in [1.807, 2.05) is 48.3 Å². The van der Waals surface area contributed by atoms with E-state index in [2.05, 4.69) is 17.0 Å². The van der Waals surface area contributed by atoms with Crippen LogP contribution in [0.5, 0.6) is 0 Å². The highest BCUT2D eigenvalue weighted by Gasteiger charge is 2.21. The molecule has 1 saturated heterocycles. The lowest BCUT2D eigenvalue weighted by molar-refractivity contribution is -0.133. The van der Waals surface area contributed by atoms with E-state index in [1.165, 1.54) is 6.42 Å². The molecule has 1 aliphatic heterocycles. The molecule has 1 fully saturated rings. The van der Waals surface area contributed by atoms with Crippen molar-refractivity contribution in [1.82, 2.24) is 15.0 Å². The molecule has 0 spiro atoms.